The molecular formula is C32H50IO+. The van der Waals surface area contributed by atoms with Gasteiger partial charge in [0, 0.05) is 0 Å². The SMILES string of the molecule is CCCCCCCCCCCCCCCCCCOc1ccc(C[I+]Cc2ccccc2)cc1. The number of hydrogen-bond donors (Lipinski definition) is 0. The summed E-state index contributed by atoms with van der Waals surface area (Å²) >= 11 is 0.185. The topological polar surface area (TPSA) is 9.23 Å². The van der Waals surface area contributed by atoms with E-state index in [9.17, 15) is 0 Å². The number of halogens is 1. The Morgan fingerprint density at radius 3 is 1.44 bits per heavy atom. The van der Waals surface area contributed by atoms with Crippen LogP contribution >= 0.6 is 0 Å². The standard InChI is InChI=1S/C32H50IO/c1-2-3-4-5-6-7-8-9-10-11-12-13-14-15-16-20-27-34-32-25-23-31(24-26-32)29-33-28-30-21-18-17-19-22-30/h17-19,21-26H,2-16,20,27-29H2,1H3/q+1. The monoisotopic (exact) mass is 577 g/mol. The molecule has 0 aromatic heterocycles. The number of unbranched alkanes of at least 4 members (excludes halogenated alkanes) is 15. The summed E-state index contributed by atoms with van der Waals surface area (Å²) in [5, 5.41) is 0. The van der Waals surface area contributed by atoms with Crippen LogP contribution in [0.2, 0.25) is 0 Å². The van der Waals surface area contributed by atoms with Crippen LogP contribution in [0.25, 0.3) is 0 Å². The molecule has 0 fully saturated rings. The Bertz CT molecular complexity index is 682. The Hall–Kier alpha value is -1.03. The van der Waals surface area contributed by atoms with E-state index in [0.717, 1.165) is 12.4 Å². The smallest absolute Gasteiger partial charge is 0.278 e. The van der Waals surface area contributed by atoms with Crippen molar-refractivity contribution in [3.05, 3.63) is 65.7 Å². The van der Waals surface area contributed by atoms with Gasteiger partial charge in [0.25, 0.3) is 21.2 Å². The summed E-state index contributed by atoms with van der Waals surface area (Å²) < 4.78 is 8.47. The van der Waals surface area contributed by atoms with Crippen LogP contribution in [0.1, 0.15) is 121 Å². The second-order valence-corrected chi connectivity index (χ2v) is 12.3. The van der Waals surface area contributed by atoms with Gasteiger partial charge in [0.2, 0.25) is 0 Å². The molecule has 2 aromatic carbocycles. The molecule has 0 saturated heterocycles. The van der Waals surface area contributed by atoms with Crippen molar-refractivity contribution in [1.29, 1.82) is 0 Å². The van der Waals surface area contributed by atoms with Gasteiger partial charge in [0.1, 0.15) is 5.75 Å². The molecule has 2 aromatic rings. The minimum atomic E-state index is 0.185. The highest BCUT2D eigenvalue weighted by Gasteiger charge is 2.09. The minimum Gasteiger partial charge on any atom is -0.494 e. The van der Waals surface area contributed by atoms with Crippen molar-refractivity contribution in [1.82, 2.24) is 0 Å². The molecule has 0 unspecified atom stereocenters. The van der Waals surface area contributed by atoms with E-state index in [1.807, 2.05) is 0 Å². The van der Waals surface area contributed by atoms with E-state index in [1.165, 1.54) is 123 Å². The first-order valence-electron chi connectivity index (χ1n) is 14.2. The second-order valence-electron chi connectivity index (χ2n) is 9.74. The van der Waals surface area contributed by atoms with Gasteiger partial charge in [-0.15, -0.1) is 0 Å². The van der Waals surface area contributed by atoms with Gasteiger partial charge >= 0.3 is 0 Å². The van der Waals surface area contributed by atoms with Crippen LogP contribution in [0.4, 0.5) is 0 Å². The first-order chi connectivity index (χ1) is 16.9. The fourth-order valence-corrected chi connectivity index (χ4v) is 6.88. The van der Waals surface area contributed by atoms with Crippen molar-refractivity contribution in [3.63, 3.8) is 0 Å². The van der Waals surface area contributed by atoms with Crippen molar-refractivity contribution in [2.24, 2.45) is 0 Å². The summed E-state index contributed by atoms with van der Waals surface area (Å²) in [7, 11) is 0. The van der Waals surface area contributed by atoms with Crippen LogP contribution in [0.15, 0.2) is 54.6 Å². The predicted octanol–water partition coefficient (Wildman–Crippen LogP) is 7.12. The molecule has 2 rings (SSSR count). The lowest BCUT2D eigenvalue weighted by Crippen LogP contribution is -3.61. The molecule has 0 aliphatic heterocycles. The lowest BCUT2D eigenvalue weighted by Gasteiger charge is -2.06. The van der Waals surface area contributed by atoms with Crippen LogP contribution < -0.4 is 25.9 Å². The Labute approximate surface area is 221 Å². The van der Waals surface area contributed by atoms with E-state index < -0.39 is 0 Å². The Morgan fingerprint density at radius 1 is 0.500 bits per heavy atom. The number of ether oxygens (including phenoxy) is 1. The van der Waals surface area contributed by atoms with Gasteiger partial charge in [0.05, 0.1) is 6.61 Å². The van der Waals surface area contributed by atoms with E-state index in [1.54, 1.807) is 0 Å². The summed E-state index contributed by atoms with van der Waals surface area (Å²) in [6.07, 6.45) is 22.6. The van der Waals surface area contributed by atoms with Crippen LogP contribution in [0.3, 0.4) is 0 Å². The Balaban J connectivity index is 1.34. The molecule has 2 heteroatoms. The van der Waals surface area contributed by atoms with E-state index in [4.69, 9.17) is 4.74 Å². The molecule has 0 spiro atoms. The average molecular weight is 578 g/mol. The molecule has 0 bridgehead atoms. The lowest BCUT2D eigenvalue weighted by molar-refractivity contribution is -0.686. The van der Waals surface area contributed by atoms with Gasteiger partial charge in [-0.2, -0.15) is 0 Å². The molecule has 1 nitrogen and oxygen atoms in total. The van der Waals surface area contributed by atoms with Crippen molar-refractivity contribution in [3.8, 4) is 5.75 Å². The zero-order valence-corrected chi connectivity index (χ0v) is 24.1. The Morgan fingerprint density at radius 2 is 0.941 bits per heavy atom. The normalized spacial score (nSPS) is 11.1. The average Bonchev–Trinajstić information content (AvgIpc) is 2.87. The maximum absolute atomic E-state index is 5.96. The van der Waals surface area contributed by atoms with Crippen molar-refractivity contribution >= 4 is 0 Å². The molecule has 0 atom stereocenters. The van der Waals surface area contributed by atoms with E-state index in [-0.39, 0.29) is 21.2 Å². The van der Waals surface area contributed by atoms with Gasteiger partial charge in [-0.3, -0.25) is 0 Å². The molecule has 190 valence electrons. The third-order valence-electron chi connectivity index (χ3n) is 6.53. The summed E-state index contributed by atoms with van der Waals surface area (Å²) in [6, 6.07) is 19.7. The molecule has 0 aliphatic carbocycles. The molecular weight excluding hydrogens is 527 g/mol. The quantitative estimate of drug-likeness (QED) is 0.0823. The summed E-state index contributed by atoms with van der Waals surface area (Å²) in [6.45, 7) is 3.16. The third kappa shape index (κ3) is 15.8. The van der Waals surface area contributed by atoms with Crippen LogP contribution in [0.5, 0.6) is 5.75 Å². The molecule has 34 heavy (non-hydrogen) atoms. The van der Waals surface area contributed by atoms with E-state index in [0.29, 0.717) is 0 Å². The summed E-state index contributed by atoms with van der Waals surface area (Å²) in [5.74, 6) is 1.03. The van der Waals surface area contributed by atoms with Gasteiger partial charge in [0.15, 0.2) is 8.86 Å². The Kier molecular flexibility index (Phi) is 18.3. The largest absolute Gasteiger partial charge is 0.494 e. The fourth-order valence-electron chi connectivity index (χ4n) is 4.35. The fraction of sp³-hybridized carbons (Fsp3) is 0.625. The first-order valence-corrected chi connectivity index (χ1v) is 17.2. The van der Waals surface area contributed by atoms with Crippen LogP contribution in [0, 0.1) is 0 Å². The highest BCUT2D eigenvalue weighted by Crippen LogP contribution is 2.15. The van der Waals surface area contributed by atoms with Crippen molar-refractivity contribution < 1.29 is 25.9 Å². The number of rotatable bonds is 22. The lowest BCUT2D eigenvalue weighted by atomic mass is 10.0. The number of benzene rings is 2. The molecule has 0 aliphatic rings. The third-order valence-corrected chi connectivity index (χ3v) is 9.37. The summed E-state index contributed by atoms with van der Waals surface area (Å²) in [5.41, 5.74) is 2.94. The molecule has 0 amide bonds. The zero-order chi connectivity index (χ0) is 23.9. The van der Waals surface area contributed by atoms with Gasteiger partial charge in [-0.25, -0.2) is 0 Å². The van der Waals surface area contributed by atoms with Crippen LogP contribution in [-0.4, -0.2) is 6.61 Å². The maximum atomic E-state index is 5.96. The second kappa shape index (κ2) is 21.3. The van der Waals surface area contributed by atoms with Crippen molar-refractivity contribution in [2.45, 2.75) is 119 Å². The number of alkyl halides is 2. The van der Waals surface area contributed by atoms with Gasteiger partial charge in [-0.05, 0) is 29.7 Å². The molecule has 0 saturated carbocycles. The van der Waals surface area contributed by atoms with E-state index in [2.05, 4.69) is 61.5 Å². The maximum Gasteiger partial charge on any atom is 0.278 e. The van der Waals surface area contributed by atoms with Gasteiger partial charge in [-0.1, -0.05) is 146 Å². The van der Waals surface area contributed by atoms with Crippen LogP contribution in [-0.2, 0) is 8.86 Å². The molecule has 0 N–H and O–H groups in total. The summed E-state index contributed by atoms with van der Waals surface area (Å²) in [4.78, 5) is 0. The van der Waals surface area contributed by atoms with E-state index >= 15 is 0 Å². The van der Waals surface area contributed by atoms with Crippen molar-refractivity contribution in [2.75, 3.05) is 6.61 Å². The number of hydrogen-bond acceptors (Lipinski definition) is 1. The highest BCUT2D eigenvalue weighted by molar-refractivity contribution is 5.26. The molecule has 0 heterocycles. The minimum absolute atomic E-state index is 0.185. The predicted molar refractivity (Wildman–Crippen MR) is 145 cm³/mol. The first kappa shape index (κ1) is 29.2. The zero-order valence-electron chi connectivity index (χ0n) is 21.9. The highest BCUT2D eigenvalue weighted by atomic mass is 127. The molecule has 0 radical (unpaired) electrons. The van der Waals surface area contributed by atoms with Gasteiger partial charge < -0.3 is 4.74 Å².